The zero-order valence-corrected chi connectivity index (χ0v) is 22.1. The third kappa shape index (κ3) is 3.81. The van der Waals surface area contributed by atoms with Crippen molar-refractivity contribution in [2.24, 2.45) is 0 Å². The van der Waals surface area contributed by atoms with Gasteiger partial charge in [-0.2, -0.15) is 0 Å². The molecule has 1 atom stereocenters. The number of hydrogen-bond donors (Lipinski definition) is 1. The van der Waals surface area contributed by atoms with E-state index >= 15 is 0 Å². The summed E-state index contributed by atoms with van der Waals surface area (Å²) in [5.74, 6) is 2.11. The zero-order valence-electron chi connectivity index (χ0n) is 21.3. The fourth-order valence-electron chi connectivity index (χ4n) is 5.66. The molecule has 2 aromatic carbocycles. The van der Waals surface area contributed by atoms with E-state index in [9.17, 15) is 4.79 Å². The van der Waals surface area contributed by atoms with Crippen molar-refractivity contribution in [3.63, 3.8) is 0 Å². The highest BCUT2D eigenvalue weighted by atomic mass is 32.1. The molecule has 0 saturated carbocycles. The lowest BCUT2D eigenvalue weighted by molar-refractivity contribution is 0.174. The van der Waals surface area contributed by atoms with Gasteiger partial charge in [-0.15, -0.1) is 11.3 Å². The largest absolute Gasteiger partial charge is 0.497 e. The number of aromatic nitrogens is 1. The normalized spacial score (nSPS) is 17.8. The van der Waals surface area contributed by atoms with E-state index in [1.807, 2.05) is 58.7 Å². The number of methoxy groups -OCH3 is 1. The zero-order chi connectivity index (χ0) is 25.8. The Morgan fingerprint density at radius 3 is 2.74 bits per heavy atom. The van der Waals surface area contributed by atoms with Crippen molar-refractivity contribution in [3.8, 4) is 22.2 Å². The molecule has 0 aliphatic carbocycles. The van der Waals surface area contributed by atoms with Crippen LogP contribution in [0.25, 0.3) is 5.00 Å². The first-order valence-electron chi connectivity index (χ1n) is 12.7. The van der Waals surface area contributed by atoms with Crippen molar-refractivity contribution < 1.29 is 19.0 Å². The minimum absolute atomic E-state index is 0.168. The molecular weight excluding hydrogens is 500 g/mol. The third-order valence-corrected chi connectivity index (χ3v) is 8.83. The van der Waals surface area contributed by atoms with Gasteiger partial charge in [-0.05, 0) is 61.0 Å². The fraction of sp³-hybridized carbons (Fsp3) is 0.276. The van der Waals surface area contributed by atoms with Crippen LogP contribution in [0.3, 0.4) is 0 Å². The first kappa shape index (κ1) is 23.2. The van der Waals surface area contributed by atoms with E-state index in [1.165, 1.54) is 21.0 Å². The van der Waals surface area contributed by atoms with E-state index in [4.69, 9.17) is 14.2 Å². The Morgan fingerprint density at radius 2 is 1.89 bits per heavy atom. The number of nitrogens with zero attached hydrogens (tertiary/aromatic N) is 3. The lowest BCUT2D eigenvalue weighted by atomic mass is 10.00. The number of fused-ring (bicyclic) bond motifs is 6. The van der Waals surface area contributed by atoms with Gasteiger partial charge in [0.25, 0.3) is 0 Å². The number of likely N-dealkylation sites (N-methyl/N-ethyl adjacent to an activating group) is 1. The summed E-state index contributed by atoms with van der Waals surface area (Å²) < 4.78 is 18.7. The SMILES string of the molecule is COc1ccc([C@H]2c3cccn3-c3sc4c(c3CN2C(=O)Nc2ccc3c(c2)OCO3)CCN(C)C4)cc1. The van der Waals surface area contributed by atoms with Crippen molar-refractivity contribution in [3.05, 3.63) is 88.1 Å². The van der Waals surface area contributed by atoms with Gasteiger partial charge in [0, 0.05) is 41.5 Å². The number of carbonyl (C=O) groups is 1. The molecule has 9 heteroatoms. The average molecular weight is 529 g/mol. The molecule has 0 fully saturated rings. The molecule has 38 heavy (non-hydrogen) atoms. The van der Waals surface area contributed by atoms with Crippen molar-refractivity contribution in [1.82, 2.24) is 14.4 Å². The van der Waals surface area contributed by atoms with Crippen molar-refractivity contribution in [1.29, 1.82) is 0 Å². The van der Waals surface area contributed by atoms with Crippen LogP contribution in [0.4, 0.5) is 10.5 Å². The number of thiophene rings is 1. The molecule has 0 bridgehead atoms. The van der Waals surface area contributed by atoms with Crippen LogP contribution < -0.4 is 19.5 Å². The summed E-state index contributed by atoms with van der Waals surface area (Å²) in [6.45, 7) is 2.66. The van der Waals surface area contributed by atoms with Gasteiger partial charge in [-0.1, -0.05) is 12.1 Å². The highest BCUT2D eigenvalue weighted by Gasteiger charge is 2.36. The van der Waals surface area contributed by atoms with Crippen LogP contribution >= 0.6 is 11.3 Å². The van der Waals surface area contributed by atoms with Crippen LogP contribution in [-0.4, -0.2) is 47.9 Å². The van der Waals surface area contributed by atoms with Gasteiger partial charge in [0.15, 0.2) is 11.5 Å². The number of amides is 2. The lowest BCUT2D eigenvalue weighted by Gasteiger charge is -2.32. The molecule has 0 unspecified atom stereocenters. The van der Waals surface area contributed by atoms with Gasteiger partial charge >= 0.3 is 6.03 Å². The summed E-state index contributed by atoms with van der Waals surface area (Å²) in [4.78, 5) is 19.8. The Hall–Kier alpha value is -3.95. The van der Waals surface area contributed by atoms with E-state index in [1.54, 1.807) is 7.11 Å². The molecule has 0 spiro atoms. The Kier molecular flexibility index (Phi) is 5.56. The summed E-state index contributed by atoms with van der Waals surface area (Å²) in [5, 5.41) is 4.35. The molecule has 5 heterocycles. The summed E-state index contributed by atoms with van der Waals surface area (Å²) in [7, 11) is 3.83. The Morgan fingerprint density at radius 1 is 1.05 bits per heavy atom. The standard InChI is InChI=1S/C29H28N4O4S/c1-31-13-11-21-22-15-33(29(34)30-19-7-10-24-25(14-19)37-17-36-24)27(18-5-8-20(35-2)9-6-18)23-4-3-12-32(23)28(22)38-26(21)16-31/h3-10,12,14,27H,11,13,15-17H2,1-2H3,(H,30,34)/t27-/m0/s1. The number of anilines is 1. The number of benzene rings is 2. The summed E-state index contributed by atoms with van der Waals surface area (Å²) in [6.07, 6.45) is 3.11. The Balaban J connectivity index is 1.33. The second-order valence-corrected chi connectivity index (χ2v) is 11.0. The van der Waals surface area contributed by atoms with Gasteiger partial charge in [-0.3, -0.25) is 0 Å². The van der Waals surface area contributed by atoms with E-state index in [-0.39, 0.29) is 18.9 Å². The number of carbonyl (C=O) groups excluding carboxylic acids is 1. The lowest BCUT2D eigenvalue weighted by Crippen LogP contribution is -2.38. The number of urea groups is 1. The Bertz CT molecular complexity index is 1530. The molecule has 8 nitrogen and oxygen atoms in total. The molecular formula is C29H28N4O4S. The van der Waals surface area contributed by atoms with Gasteiger partial charge in [0.1, 0.15) is 10.8 Å². The quantitative estimate of drug-likeness (QED) is 0.386. The number of ether oxygens (including phenoxy) is 3. The van der Waals surface area contributed by atoms with Crippen molar-refractivity contribution in [2.75, 3.05) is 32.8 Å². The summed E-state index contributed by atoms with van der Waals surface area (Å²) in [5.41, 5.74) is 5.38. The first-order chi connectivity index (χ1) is 18.6. The molecule has 0 saturated heterocycles. The molecule has 194 valence electrons. The van der Waals surface area contributed by atoms with Crippen LogP contribution in [0, 0.1) is 0 Å². The number of hydrogen-bond acceptors (Lipinski definition) is 6. The van der Waals surface area contributed by atoms with Crippen molar-refractivity contribution >= 4 is 23.1 Å². The molecule has 7 rings (SSSR count). The molecule has 3 aliphatic heterocycles. The molecule has 4 aromatic rings. The molecule has 3 aliphatic rings. The maximum Gasteiger partial charge on any atom is 0.322 e. The molecule has 1 N–H and O–H groups in total. The van der Waals surface area contributed by atoms with Gasteiger partial charge < -0.3 is 33.9 Å². The van der Waals surface area contributed by atoms with E-state index < -0.39 is 0 Å². The first-order valence-corrected chi connectivity index (χ1v) is 13.5. The van der Waals surface area contributed by atoms with Crippen LogP contribution in [0.1, 0.15) is 33.3 Å². The molecule has 2 amide bonds. The summed E-state index contributed by atoms with van der Waals surface area (Å²) >= 11 is 1.85. The van der Waals surface area contributed by atoms with E-state index in [2.05, 4.69) is 40.2 Å². The number of rotatable bonds is 3. The van der Waals surface area contributed by atoms with Gasteiger partial charge in [0.05, 0.1) is 25.4 Å². The van der Waals surface area contributed by atoms with Crippen LogP contribution in [-0.2, 0) is 19.5 Å². The maximum absolute atomic E-state index is 14.1. The second kappa shape index (κ2) is 9.11. The highest BCUT2D eigenvalue weighted by molar-refractivity contribution is 7.15. The minimum atomic E-state index is -0.286. The average Bonchev–Trinajstić information content (AvgIpc) is 3.65. The maximum atomic E-state index is 14.1. The van der Waals surface area contributed by atoms with Gasteiger partial charge in [0.2, 0.25) is 6.79 Å². The van der Waals surface area contributed by atoms with E-state index in [0.29, 0.717) is 23.7 Å². The Labute approximate surface area is 225 Å². The topological polar surface area (TPSA) is 68.2 Å². The predicted octanol–water partition coefficient (Wildman–Crippen LogP) is 5.40. The van der Waals surface area contributed by atoms with Crippen LogP contribution in [0.15, 0.2) is 60.8 Å². The monoisotopic (exact) mass is 528 g/mol. The fourth-order valence-corrected chi connectivity index (χ4v) is 7.10. The van der Waals surface area contributed by atoms with Gasteiger partial charge in [-0.25, -0.2) is 4.79 Å². The van der Waals surface area contributed by atoms with Crippen LogP contribution in [0.2, 0.25) is 0 Å². The van der Waals surface area contributed by atoms with E-state index in [0.717, 1.165) is 36.5 Å². The predicted molar refractivity (Wildman–Crippen MR) is 146 cm³/mol. The van der Waals surface area contributed by atoms with Crippen LogP contribution in [0.5, 0.6) is 17.2 Å². The minimum Gasteiger partial charge on any atom is -0.497 e. The molecule has 2 aromatic heterocycles. The summed E-state index contributed by atoms with van der Waals surface area (Å²) in [6, 6.07) is 17.2. The number of nitrogens with one attached hydrogen (secondary N) is 1. The highest BCUT2D eigenvalue weighted by Crippen LogP contribution is 2.44. The second-order valence-electron chi connectivity index (χ2n) is 9.88. The van der Waals surface area contributed by atoms with Crippen molar-refractivity contribution in [2.45, 2.75) is 25.6 Å². The third-order valence-electron chi connectivity index (χ3n) is 7.57. The smallest absolute Gasteiger partial charge is 0.322 e. The molecule has 0 radical (unpaired) electrons.